The van der Waals surface area contributed by atoms with Crippen molar-refractivity contribution in [1.82, 2.24) is 20.2 Å². The van der Waals surface area contributed by atoms with Crippen LogP contribution < -0.4 is 14.8 Å². The molecule has 0 atom stereocenters. The van der Waals surface area contributed by atoms with Crippen molar-refractivity contribution in [2.75, 3.05) is 12.4 Å². The summed E-state index contributed by atoms with van der Waals surface area (Å²) in [6.45, 7) is 5.11. The number of benzene rings is 2. The van der Waals surface area contributed by atoms with Crippen molar-refractivity contribution in [3.05, 3.63) is 69.7 Å². The van der Waals surface area contributed by atoms with E-state index in [4.69, 9.17) is 21.1 Å². The van der Waals surface area contributed by atoms with Crippen LogP contribution >= 0.6 is 27.5 Å². The predicted molar refractivity (Wildman–Crippen MR) is 112 cm³/mol. The predicted octanol–water partition coefficient (Wildman–Crippen LogP) is 4.47. The van der Waals surface area contributed by atoms with Gasteiger partial charge in [-0.15, -0.1) is 6.58 Å². The van der Waals surface area contributed by atoms with Gasteiger partial charge in [-0.1, -0.05) is 50.8 Å². The topological polar surface area (TPSA) is 74.1 Å². The van der Waals surface area contributed by atoms with Crippen LogP contribution in [0.4, 0.5) is 5.95 Å². The number of tetrazole rings is 1. The minimum absolute atomic E-state index is 0.386. The first-order valence-corrected chi connectivity index (χ1v) is 9.62. The van der Waals surface area contributed by atoms with Crippen LogP contribution in [0.1, 0.15) is 11.1 Å². The fourth-order valence-electron chi connectivity index (χ4n) is 2.52. The Kier molecular flexibility index (Phi) is 6.89. The van der Waals surface area contributed by atoms with E-state index in [1.807, 2.05) is 36.4 Å². The molecular weight excluding hydrogens is 446 g/mol. The molecule has 0 saturated heterocycles. The molecule has 0 aliphatic carbocycles. The highest BCUT2D eigenvalue weighted by atomic mass is 79.9. The Morgan fingerprint density at radius 2 is 2.14 bits per heavy atom. The molecule has 0 unspecified atom stereocenters. The molecule has 146 valence electrons. The van der Waals surface area contributed by atoms with Gasteiger partial charge >= 0.3 is 0 Å². The van der Waals surface area contributed by atoms with E-state index in [1.165, 1.54) is 0 Å². The lowest BCUT2D eigenvalue weighted by Crippen LogP contribution is -2.09. The highest BCUT2D eigenvalue weighted by Crippen LogP contribution is 2.34. The van der Waals surface area contributed by atoms with Crippen molar-refractivity contribution >= 4 is 33.5 Å². The second-order valence-electron chi connectivity index (χ2n) is 5.84. The summed E-state index contributed by atoms with van der Waals surface area (Å²) in [5, 5.41) is 15.4. The Morgan fingerprint density at radius 1 is 1.29 bits per heavy atom. The smallest absolute Gasteiger partial charge is 0.243 e. The number of halogens is 2. The van der Waals surface area contributed by atoms with Gasteiger partial charge in [0.1, 0.15) is 6.61 Å². The van der Waals surface area contributed by atoms with E-state index in [2.05, 4.69) is 43.4 Å². The van der Waals surface area contributed by atoms with Gasteiger partial charge in [-0.25, -0.2) is 4.68 Å². The minimum atomic E-state index is 0.386. The van der Waals surface area contributed by atoms with Gasteiger partial charge in [0, 0.05) is 16.0 Å². The maximum absolute atomic E-state index is 6.02. The lowest BCUT2D eigenvalue weighted by molar-refractivity contribution is 0.284. The molecule has 0 aliphatic rings. The van der Waals surface area contributed by atoms with Crippen molar-refractivity contribution < 1.29 is 9.47 Å². The van der Waals surface area contributed by atoms with Crippen LogP contribution in [-0.4, -0.2) is 27.3 Å². The van der Waals surface area contributed by atoms with E-state index < -0.39 is 0 Å². The Hall–Kier alpha value is -2.58. The Bertz CT molecular complexity index is 963. The van der Waals surface area contributed by atoms with Crippen LogP contribution in [-0.2, 0) is 19.7 Å². The fourth-order valence-corrected chi connectivity index (χ4v) is 3.20. The maximum atomic E-state index is 6.02. The van der Waals surface area contributed by atoms with Gasteiger partial charge in [-0.2, -0.15) is 0 Å². The molecule has 0 amide bonds. The Labute approximate surface area is 176 Å². The lowest BCUT2D eigenvalue weighted by atomic mass is 10.2. The van der Waals surface area contributed by atoms with Crippen LogP contribution in [0.3, 0.4) is 0 Å². The van der Waals surface area contributed by atoms with E-state index in [1.54, 1.807) is 17.9 Å². The molecule has 3 aromatic rings. The highest BCUT2D eigenvalue weighted by molar-refractivity contribution is 9.10. The first-order valence-electron chi connectivity index (χ1n) is 8.45. The molecule has 0 spiro atoms. The molecule has 9 heteroatoms. The first kappa shape index (κ1) is 20.2. The standard InChI is InChI=1S/C19H19BrClN5O2/c1-3-7-26-19(23-24-25-26)22-11-14-9-17(27-2)18(10-16(14)20)28-12-13-5-4-6-15(21)8-13/h3-6,8-10H,1,7,11-12H2,2H3,(H,22,23,25). The number of allylic oxidation sites excluding steroid dienone is 1. The number of nitrogens with zero attached hydrogens (tertiary/aromatic N) is 4. The number of anilines is 1. The van der Waals surface area contributed by atoms with Crippen molar-refractivity contribution in [2.24, 2.45) is 0 Å². The van der Waals surface area contributed by atoms with Crippen LogP contribution in [0.15, 0.2) is 53.5 Å². The van der Waals surface area contributed by atoms with E-state index >= 15 is 0 Å². The zero-order valence-electron chi connectivity index (χ0n) is 15.2. The second-order valence-corrected chi connectivity index (χ2v) is 7.13. The van der Waals surface area contributed by atoms with Gasteiger partial charge in [0.15, 0.2) is 11.5 Å². The summed E-state index contributed by atoms with van der Waals surface area (Å²) >= 11 is 9.61. The van der Waals surface area contributed by atoms with Crippen molar-refractivity contribution in [3.63, 3.8) is 0 Å². The van der Waals surface area contributed by atoms with E-state index in [0.717, 1.165) is 15.6 Å². The van der Waals surface area contributed by atoms with Crippen LogP contribution in [0.25, 0.3) is 0 Å². The maximum Gasteiger partial charge on any atom is 0.243 e. The molecule has 7 nitrogen and oxygen atoms in total. The minimum Gasteiger partial charge on any atom is -0.493 e. The Morgan fingerprint density at radius 3 is 2.89 bits per heavy atom. The molecule has 1 N–H and O–H groups in total. The van der Waals surface area contributed by atoms with Crippen LogP contribution in [0.2, 0.25) is 5.02 Å². The quantitative estimate of drug-likeness (QED) is 0.471. The summed E-state index contributed by atoms with van der Waals surface area (Å²) in [5.74, 6) is 1.83. The zero-order chi connectivity index (χ0) is 19.9. The monoisotopic (exact) mass is 463 g/mol. The van der Waals surface area contributed by atoms with Gasteiger partial charge in [-0.05, 0) is 45.8 Å². The Balaban J connectivity index is 1.71. The van der Waals surface area contributed by atoms with Crippen molar-refractivity contribution in [3.8, 4) is 11.5 Å². The number of hydrogen-bond donors (Lipinski definition) is 1. The molecule has 28 heavy (non-hydrogen) atoms. The normalized spacial score (nSPS) is 10.5. The largest absolute Gasteiger partial charge is 0.493 e. The van der Waals surface area contributed by atoms with Crippen molar-refractivity contribution in [1.29, 1.82) is 0 Å². The summed E-state index contributed by atoms with van der Waals surface area (Å²) in [6, 6.07) is 11.3. The molecule has 0 fully saturated rings. The molecule has 0 radical (unpaired) electrons. The first-order chi connectivity index (χ1) is 13.6. The van der Waals surface area contributed by atoms with Gasteiger partial charge < -0.3 is 14.8 Å². The van der Waals surface area contributed by atoms with E-state index in [0.29, 0.717) is 42.2 Å². The molecule has 0 saturated carbocycles. The molecule has 1 heterocycles. The average molecular weight is 465 g/mol. The summed E-state index contributed by atoms with van der Waals surface area (Å²) in [6.07, 6.45) is 1.73. The van der Waals surface area contributed by atoms with Gasteiger partial charge in [0.05, 0.1) is 13.7 Å². The molecule has 0 bridgehead atoms. The molecule has 0 aliphatic heterocycles. The fraction of sp³-hybridized carbons (Fsp3) is 0.211. The number of methoxy groups -OCH3 is 1. The van der Waals surface area contributed by atoms with Gasteiger partial charge in [0.2, 0.25) is 5.95 Å². The average Bonchev–Trinajstić information content (AvgIpc) is 3.13. The summed E-state index contributed by atoms with van der Waals surface area (Å²) < 4.78 is 13.9. The van der Waals surface area contributed by atoms with Crippen LogP contribution in [0, 0.1) is 0 Å². The van der Waals surface area contributed by atoms with E-state index in [-0.39, 0.29) is 0 Å². The SMILES string of the molecule is C=CCn1nnnc1NCc1cc(OC)c(OCc2cccc(Cl)c2)cc1Br. The molecule has 3 rings (SSSR count). The lowest BCUT2D eigenvalue weighted by Gasteiger charge is -2.15. The third-order valence-electron chi connectivity index (χ3n) is 3.89. The summed E-state index contributed by atoms with van der Waals surface area (Å²) in [4.78, 5) is 0. The number of ether oxygens (including phenoxy) is 2. The van der Waals surface area contributed by atoms with Gasteiger partial charge in [0.25, 0.3) is 0 Å². The number of hydrogen-bond acceptors (Lipinski definition) is 6. The summed E-state index contributed by atoms with van der Waals surface area (Å²) in [5.41, 5.74) is 1.95. The number of rotatable bonds is 9. The third-order valence-corrected chi connectivity index (χ3v) is 4.86. The van der Waals surface area contributed by atoms with Crippen LogP contribution in [0.5, 0.6) is 11.5 Å². The third kappa shape index (κ3) is 5.02. The second kappa shape index (κ2) is 9.57. The molecule has 1 aromatic heterocycles. The van der Waals surface area contributed by atoms with Crippen molar-refractivity contribution in [2.45, 2.75) is 19.7 Å². The van der Waals surface area contributed by atoms with E-state index in [9.17, 15) is 0 Å². The number of aromatic nitrogens is 4. The molecule has 2 aromatic carbocycles. The highest BCUT2D eigenvalue weighted by Gasteiger charge is 2.12. The number of nitrogens with one attached hydrogen (secondary N) is 1. The summed E-state index contributed by atoms with van der Waals surface area (Å²) in [7, 11) is 1.61. The molecular formula is C19H19BrClN5O2. The zero-order valence-corrected chi connectivity index (χ0v) is 17.6. The van der Waals surface area contributed by atoms with Gasteiger partial charge in [-0.3, -0.25) is 0 Å².